The van der Waals surface area contributed by atoms with Crippen molar-refractivity contribution in [3.63, 3.8) is 0 Å². The van der Waals surface area contributed by atoms with Crippen LogP contribution in [-0.2, 0) is 0 Å². The van der Waals surface area contributed by atoms with Gasteiger partial charge in [0.15, 0.2) is 4.34 Å². The van der Waals surface area contributed by atoms with Gasteiger partial charge in [0.1, 0.15) is 5.51 Å². The molecule has 5 heteroatoms. The lowest BCUT2D eigenvalue weighted by atomic mass is 9.80. The van der Waals surface area contributed by atoms with Crippen molar-refractivity contribution in [2.45, 2.75) is 42.3 Å². The SMILES string of the molecule is CC1CC(C)C(Sc2nncs2)C(N)C1. The summed E-state index contributed by atoms with van der Waals surface area (Å²) in [6, 6.07) is 0.303. The highest BCUT2D eigenvalue weighted by Crippen LogP contribution is 2.39. The first kappa shape index (κ1) is 11.4. The lowest BCUT2D eigenvalue weighted by molar-refractivity contribution is 0.279. The fourth-order valence-electron chi connectivity index (χ4n) is 2.42. The smallest absolute Gasteiger partial charge is 0.174 e. The Bertz CT molecular complexity index is 290. The molecule has 4 atom stereocenters. The third-order valence-electron chi connectivity index (χ3n) is 3.01. The maximum absolute atomic E-state index is 6.21. The van der Waals surface area contributed by atoms with E-state index in [-0.39, 0.29) is 0 Å². The van der Waals surface area contributed by atoms with Gasteiger partial charge in [-0.05, 0) is 24.7 Å². The number of hydrogen-bond donors (Lipinski definition) is 1. The van der Waals surface area contributed by atoms with Crippen LogP contribution in [0.5, 0.6) is 0 Å². The van der Waals surface area contributed by atoms with E-state index in [9.17, 15) is 0 Å². The summed E-state index contributed by atoms with van der Waals surface area (Å²) in [7, 11) is 0. The highest BCUT2D eigenvalue weighted by Gasteiger charge is 2.32. The maximum Gasteiger partial charge on any atom is 0.174 e. The lowest BCUT2D eigenvalue weighted by Crippen LogP contribution is -2.42. The van der Waals surface area contributed by atoms with Gasteiger partial charge in [0, 0.05) is 11.3 Å². The van der Waals surface area contributed by atoms with Gasteiger partial charge in [0.05, 0.1) is 0 Å². The molecule has 1 fully saturated rings. The molecule has 15 heavy (non-hydrogen) atoms. The molecule has 0 aliphatic heterocycles. The van der Waals surface area contributed by atoms with E-state index in [2.05, 4.69) is 24.0 Å². The molecule has 0 radical (unpaired) electrons. The first-order chi connectivity index (χ1) is 7.16. The van der Waals surface area contributed by atoms with Crippen molar-refractivity contribution in [3.05, 3.63) is 5.51 Å². The van der Waals surface area contributed by atoms with Gasteiger partial charge in [-0.3, -0.25) is 0 Å². The molecule has 1 heterocycles. The number of nitrogens with two attached hydrogens (primary N) is 1. The summed E-state index contributed by atoms with van der Waals surface area (Å²) in [5.74, 6) is 1.44. The number of aromatic nitrogens is 2. The second-order valence-corrected chi connectivity index (χ2v) is 6.76. The Morgan fingerprint density at radius 1 is 1.47 bits per heavy atom. The third-order valence-corrected chi connectivity index (χ3v) is 5.44. The molecule has 1 aliphatic carbocycles. The van der Waals surface area contributed by atoms with Crippen LogP contribution in [0.3, 0.4) is 0 Å². The van der Waals surface area contributed by atoms with Crippen LogP contribution in [0.1, 0.15) is 26.7 Å². The van der Waals surface area contributed by atoms with Crippen LogP contribution in [0.25, 0.3) is 0 Å². The normalized spacial score (nSPS) is 36.7. The van der Waals surface area contributed by atoms with E-state index in [1.54, 1.807) is 16.8 Å². The summed E-state index contributed by atoms with van der Waals surface area (Å²) < 4.78 is 1.05. The van der Waals surface area contributed by atoms with Crippen LogP contribution >= 0.6 is 23.1 Å². The minimum Gasteiger partial charge on any atom is -0.327 e. The Hall–Kier alpha value is -0.130. The first-order valence-corrected chi connectivity index (χ1v) is 7.11. The predicted octanol–water partition coefficient (Wildman–Crippen LogP) is 2.39. The van der Waals surface area contributed by atoms with Crippen molar-refractivity contribution < 1.29 is 0 Å². The van der Waals surface area contributed by atoms with Crippen LogP contribution in [0.2, 0.25) is 0 Å². The summed E-state index contributed by atoms with van der Waals surface area (Å²) in [5, 5.41) is 8.44. The summed E-state index contributed by atoms with van der Waals surface area (Å²) in [5.41, 5.74) is 7.99. The Balaban J connectivity index is 2.01. The molecule has 1 aromatic heterocycles. The standard InChI is InChI=1S/C10H17N3S2/c1-6-3-7(2)9(8(11)4-6)15-10-13-12-5-14-10/h5-9H,3-4,11H2,1-2H3. The molecule has 3 nitrogen and oxygen atoms in total. The van der Waals surface area contributed by atoms with Crippen molar-refractivity contribution in [2.24, 2.45) is 17.6 Å². The van der Waals surface area contributed by atoms with E-state index in [0.29, 0.717) is 17.2 Å². The van der Waals surface area contributed by atoms with Crippen LogP contribution < -0.4 is 5.73 Å². The summed E-state index contributed by atoms with van der Waals surface area (Å²) in [4.78, 5) is 0. The van der Waals surface area contributed by atoms with Crippen molar-refractivity contribution in [3.8, 4) is 0 Å². The van der Waals surface area contributed by atoms with Gasteiger partial charge in [-0.15, -0.1) is 10.2 Å². The fourth-order valence-corrected chi connectivity index (χ4v) is 4.34. The second-order valence-electron chi connectivity index (χ2n) is 4.50. The molecule has 2 rings (SSSR count). The van der Waals surface area contributed by atoms with Gasteiger partial charge in [0.2, 0.25) is 0 Å². The van der Waals surface area contributed by atoms with Crippen molar-refractivity contribution in [1.82, 2.24) is 10.2 Å². The van der Waals surface area contributed by atoms with Gasteiger partial charge in [0.25, 0.3) is 0 Å². The van der Waals surface area contributed by atoms with E-state index in [0.717, 1.165) is 16.7 Å². The van der Waals surface area contributed by atoms with Crippen molar-refractivity contribution in [1.29, 1.82) is 0 Å². The van der Waals surface area contributed by atoms with Crippen molar-refractivity contribution in [2.75, 3.05) is 0 Å². The van der Waals surface area contributed by atoms with Gasteiger partial charge in [-0.2, -0.15) is 0 Å². The van der Waals surface area contributed by atoms with Crippen LogP contribution in [0.15, 0.2) is 9.85 Å². The van der Waals surface area contributed by atoms with E-state index >= 15 is 0 Å². The van der Waals surface area contributed by atoms with E-state index < -0.39 is 0 Å². The largest absolute Gasteiger partial charge is 0.327 e. The monoisotopic (exact) mass is 243 g/mol. The molecule has 0 amide bonds. The Morgan fingerprint density at radius 3 is 2.87 bits per heavy atom. The lowest BCUT2D eigenvalue weighted by Gasteiger charge is -2.36. The summed E-state index contributed by atoms with van der Waals surface area (Å²) in [6.45, 7) is 4.59. The Labute approximate surface area is 98.9 Å². The van der Waals surface area contributed by atoms with E-state index in [1.165, 1.54) is 6.42 Å². The molecular weight excluding hydrogens is 226 g/mol. The molecule has 0 saturated heterocycles. The molecule has 0 bridgehead atoms. The highest BCUT2D eigenvalue weighted by atomic mass is 32.2. The molecule has 84 valence electrons. The summed E-state index contributed by atoms with van der Waals surface area (Å²) in [6.07, 6.45) is 2.42. The van der Waals surface area contributed by atoms with Gasteiger partial charge in [-0.25, -0.2) is 0 Å². The maximum atomic E-state index is 6.21. The topological polar surface area (TPSA) is 51.8 Å². The van der Waals surface area contributed by atoms with Crippen LogP contribution in [0.4, 0.5) is 0 Å². The molecule has 1 saturated carbocycles. The van der Waals surface area contributed by atoms with E-state index in [1.807, 2.05) is 11.8 Å². The van der Waals surface area contributed by atoms with Gasteiger partial charge in [-0.1, -0.05) is 36.9 Å². The average molecular weight is 243 g/mol. The van der Waals surface area contributed by atoms with Crippen LogP contribution in [0, 0.1) is 11.8 Å². The first-order valence-electron chi connectivity index (χ1n) is 5.35. The zero-order chi connectivity index (χ0) is 10.8. The van der Waals surface area contributed by atoms with Crippen LogP contribution in [-0.4, -0.2) is 21.5 Å². The molecular formula is C10H17N3S2. The molecule has 1 aliphatic rings. The minimum absolute atomic E-state index is 0.303. The van der Waals surface area contributed by atoms with Gasteiger partial charge >= 0.3 is 0 Å². The quantitative estimate of drug-likeness (QED) is 0.866. The zero-order valence-electron chi connectivity index (χ0n) is 9.09. The average Bonchev–Trinajstić information content (AvgIpc) is 2.63. The van der Waals surface area contributed by atoms with E-state index in [4.69, 9.17) is 5.73 Å². The highest BCUT2D eigenvalue weighted by molar-refractivity contribution is 8.01. The Morgan fingerprint density at radius 2 is 2.27 bits per heavy atom. The molecule has 1 aromatic rings. The third kappa shape index (κ3) is 2.71. The molecule has 4 unspecified atom stereocenters. The second kappa shape index (κ2) is 4.80. The number of rotatable bonds is 2. The number of nitrogens with zero attached hydrogens (tertiary/aromatic N) is 2. The fraction of sp³-hybridized carbons (Fsp3) is 0.800. The number of thioether (sulfide) groups is 1. The number of hydrogen-bond acceptors (Lipinski definition) is 5. The minimum atomic E-state index is 0.303. The molecule has 0 spiro atoms. The van der Waals surface area contributed by atoms with Crippen molar-refractivity contribution >= 4 is 23.1 Å². The molecule has 0 aromatic carbocycles. The zero-order valence-corrected chi connectivity index (χ0v) is 10.7. The summed E-state index contributed by atoms with van der Waals surface area (Å²) >= 11 is 3.42. The molecule has 2 N–H and O–H groups in total. The van der Waals surface area contributed by atoms with Gasteiger partial charge < -0.3 is 5.73 Å². The predicted molar refractivity (Wildman–Crippen MR) is 65.1 cm³/mol. The Kier molecular flexibility index (Phi) is 3.64.